The van der Waals surface area contributed by atoms with Gasteiger partial charge in [-0.25, -0.2) is 4.98 Å². The Kier molecular flexibility index (Phi) is 4.66. The van der Waals surface area contributed by atoms with Crippen molar-refractivity contribution in [3.63, 3.8) is 0 Å². The first-order valence-electron chi connectivity index (χ1n) is 7.30. The van der Waals surface area contributed by atoms with E-state index in [1.165, 1.54) is 11.3 Å². The second-order valence-corrected chi connectivity index (χ2v) is 7.49. The third kappa shape index (κ3) is 3.61. The largest absolute Gasteiger partial charge is 0.359 e. The zero-order valence-corrected chi connectivity index (χ0v) is 13.9. The Hall–Kier alpha value is -1.43. The lowest BCUT2D eigenvalue weighted by molar-refractivity contribution is -0.125. The maximum absolute atomic E-state index is 12.5. The molecule has 0 atom stereocenters. The van der Waals surface area contributed by atoms with Crippen LogP contribution in [0.1, 0.15) is 48.3 Å². The minimum absolute atomic E-state index is 0.0323. The monoisotopic (exact) mass is 309 g/mol. The molecule has 6 heteroatoms. The van der Waals surface area contributed by atoms with Crippen molar-refractivity contribution in [3.8, 4) is 0 Å². The first-order valence-corrected chi connectivity index (χ1v) is 8.11. The van der Waals surface area contributed by atoms with E-state index >= 15 is 0 Å². The van der Waals surface area contributed by atoms with Gasteiger partial charge in [-0.3, -0.25) is 9.59 Å². The molecular formula is C15H23N3O2S. The van der Waals surface area contributed by atoms with E-state index < -0.39 is 0 Å². The Morgan fingerprint density at radius 1 is 1.33 bits per heavy atom. The number of nitrogens with one attached hydrogen (secondary N) is 1. The third-order valence-corrected chi connectivity index (χ3v) is 5.17. The molecule has 0 saturated carbocycles. The fraction of sp³-hybridized carbons (Fsp3) is 0.667. The Morgan fingerprint density at radius 3 is 2.43 bits per heavy atom. The van der Waals surface area contributed by atoms with Crippen LogP contribution >= 0.6 is 11.3 Å². The second-order valence-electron chi connectivity index (χ2n) is 6.46. The Labute approximate surface area is 129 Å². The molecule has 1 aromatic rings. The van der Waals surface area contributed by atoms with E-state index in [2.05, 4.69) is 31.1 Å². The first kappa shape index (κ1) is 15.9. The van der Waals surface area contributed by atoms with Crippen LogP contribution in [0.5, 0.6) is 0 Å². The smallest absolute Gasteiger partial charge is 0.265 e. The molecule has 1 N–H and O–H groups in total. The minimum atomic E-state index is -0.0323. The average molecular weight is 309 g/mol. The molecule has 0 aromatic carbocycles. The quantitative estimate of drug-likeness (QED) is 0.909. The zero-order chi connectivity index (χ0) is 15.6. The van der Waals surface area contributed by atoms with E-state index in [0.29, 0.717) is 18.0 Å². The lowest BCUT2D eigenvalue weighted by Crippen LogP contribution is -2.42. The molecule has 1 aliphatic heterocycles. The van der Waals surface area contributed by atoms with E-state index in [1.807, 2.05) is 4.90 Å². The van der Waals surface area contributed by atoms with E-state index in [1.54, 1.807) is 13.2 Å². The highest BCUT2D eigenvalue weighted by Crippen LogP contribution is 2.28. The molecule has 0 bridgehead atoms. The minimum Gasteiger partial charge on any atom is -0.359 e. The first-order chi connectivity index (χ1) is 9.82. The van der Waals surface area contributed by atoms with Gasteiger partial charge in [0.25, 0.3) is 5.91 Å². The van der Waals surface area contributed by atoms with Crippen LogP contribution in [0.25, 0.3) is 0 Å². The highest BCUT2D eigenvalue weighted by molar-refractivity contribution is 7.13. The summed E-state index contributed by atoms with van der Waals surface area (Å²) in [5.74, 6) is 0.152. The molecule has 0 radical (unpaired) electrons. The van der Waals surface area contributed by atoms with Crippen LogP contribution in [0.2, 0.25) is 0 Å². The van der Waals surface area contributed by atoms with Gasteiger partial charge in [-0.1, -0.05) is 20.8 Å². The number of carbonyl (C=O) groups excluding carboxylic acids is 2. The number of amides is 2. The van der Waals surface area contributed by atoms with Gasteiger partial charge >= 0.3 is 0 Å². The van der Waals surface area contributed by atoms with Crippen molar-refractivity contribution in [2.75, 3.05) is 20.1 Å². The summed E-state index contributed by atoms with van der Waals surface area (Å²) >= 11 is 1.47. The van der Waals surface area contributed by atoms with Crippen molar-refractivity contribution in [3.05, 3.63) is 16.1 Å². The molecule has 2 amide bonds. The van der Waals surface area contributed by atoms with Gasteiger partial charge in [-0.15, -0.1) is 11.3 Å². The molecule has 2 rings (SSSR count). The molecular weight excluding hydrogens is 286 g/mol. The fourth-order valence-electron chi connectivity index (χ4n) is 2.42. The number of carbonyl (C=O) groups is 2. The SMILES string of the molecule is CNC(=O)C1CCN(C(=O)c2cnc(C(C)(C)C)s2)CC1. The third-order valence-electron chi connectivity index (χ3n) is 3.76. The van der Waals surface area contributed by atoms with Crippen LogP contribution in [0.4, 0.5) is 0 Å². The van der Waals surface area contributed by atoms with Crippen molar-refractivity contribution in [1.29, 1.82) is 0 Å². The van der Waals surface area contributed by atoms with Gasteiger partial charge in [0, 0.05) is 31.5 Å². The van der Waals surface area contributed by atoms with Crippen molar-refractivity contribution in [1.82, 2.24) is 15.2 Å². The highest BCUT2D eigenvalue weighted by atomic mass is 32.1. The maximum atomic E-state index is 12.5. The molecule has 5 nitrogen and oxygen atoms in total. The second kappa shape index (κ2) is 6.13. The van der Waals surface area contributed by atoms with Gasteiger partial charge in [0.1, 0.15) is 4.88 Å². The number of thiazole rings is 1. The topological polar surface area (TPSA) is 62.3 Å². The Bertz CT molecular complexity index is 525. The lowest BCUT2D eigenvalue weighted by atomic mass is 9.96. The summed E-state index contributed by atoms with van der Waals surface area (Å²) in [4.78, 5) is 31.0. The molecule has 1 saturated heterocycles. The summed E-state index contributed by atoms with van der Waals surface area (Å²) in [6.45, 7) is 7.55. The molecule has 1 aliphatic rings. The van der Waals surface area contributed by atoms with Crippen molar-refractivity contribution in [2.45, 2.75) is 39.0 Å². The van der Waals surface area contributed by atoms with Crippen LogP contribution in [-0.4, -0.2) is 41.8 Å². The Morgan fingerprint density at radius 2 is 1.95 bits per heavy atom. The molecule has 21 heavy (non-hydrogen) atoms. The maximum Gasteiger partial charge on any atom is 0.265 e. The van der Waals surface area contributed by atoms with Crippen LogP contribution < -0.4 is 5.32 Å². The van der Waals surface area contributed by atoms with Crippen molar-refractivity contribution in [2.24, 2.45) is 5.92 Å². The van der Waals surface area contributed by atoms with E-state index in [4.69, 9.17) is 0 Å². The van der Waals surface area contributed by atoms with Gasteiger partial charge in [-0.2, -0.15) is 0 Å². The molecule has 0 aliphatic carbocycles. The molecule has 0 unspecified atom stereocenters. The standard InChI is InChI=1S/C15H23N3O2S/c1-15(2,3)14-17-9-11(21-14)13(20)18-7-5-10(6-8-18)12(19)16-4/h9-10H,5-8H2,1-4H3,(H,16,19). The number of rotatable bonds is 2. The van der Waals surface area contributed by atoms with Crippen molar-refractivity contribution >= 4 is 23.2 Å². The number of hydrogen-bond acceptors (Lipinski definition) is 4. The predicted octanol–water partition coefficient (Wildman–Crippen LogP) is 2.04. The molecule has 2 heterocycles. The van der Waals surface area contributed by atoms with Gasteiger partial charge in [0.15, 0.2) is 0 Å². The van der Waals surface area contributed by atoms with Gasteiger partial charge in [-0.05, 0) is 12.8 Å². The summed E-state index contributed by atoms with van der Waals surface area (Å²) in [6.07, 6.45) is 3.14. The number of likely N-dealkylation sites (tertiary alicyclic amines) is 1. The molecule has 0 spiro atoms. The van der Waals surface area contributed by atoms with E-state index in [0.717, 1.165) is 17.8 Å². The summed E-state index contributed by atoms with van der Waals surface area (Å²) in [6, 6.07) is 0. The number of nitrogens with zero attached hydrogens (tertiary/aromatic N) is 2. The van der Waals surface area contributed by atoms with Gasteiger partial charge in [0.05, 0.1) is 11.2 Å². The summed E-state index contributed by atoms with van der Waals surface area (Å²) in [7, 11) is 1.66. The molecule has 1 fully saturated rings. The summed E-state index contributed by atoms with van der Waals surface area (Å²) < 4.78 is 0. The Balaban J connectivity index is 1.99. The van der Waals surface area contributed by atoms with Gasteiger partial charge < -0.3 is 10.2 Å². The summed E-state index contributed by atoms with van der Waals surface area (Å²) in [5, 5.41) is 3.66. The molecule has 116 valence electrons. The van der Waals surface area contributed by atoms with Crippen molar-refractivity contribution < 1.29 is 9.59 Å². The summed E-state index contributed by atoms with van der Waals surface area (Å²) in [5.41, 5.74) is -0.0323. The lowest BCUT2D eigenvalue weighted by Gasteiger charge is -2.30. The molecule has 1 aromatic heterocycles. The number of piperidine rings is 1. The van der Waals surface area contributed by atoms with E-state index in [9.17, 15) is 9.59 Å². The predicted molar refractivity (Wildman–Crippen MR) is 83.5 cm³/mol. The fourth-order valence-corrected chi connectivity index (χ4v) is 3.37. The highest BCUT2D eigenvalue weighted by Gasteiger charge is 2.29. The normalized spacial score (nSPS) is 16.9. The van der Waals surface area contributed by atoms with E-state index in [-0.39, 0.29) is 23.1 Å². The van der Waals surface area contributed by atoms with Crippen LogP contribution in [-0.2, 0) is 10.2 Å². The number of hydrogen-bond donors (Lipinski definition) is 1. The average Bonchev–Trinajstić information content (AvgIpc) is 2.95. The number of aromatic nitrogens is 1. The van der Waals surface area contributed by atoms with Crippen LogP contribution in [0, 0.1) is 5.92 Å². The van der Waals surface area contributed by atoms with Gasteiger partial charge in [0.2, 0.25) is 5.91 Å². The van der Waals surface area contributed by atoms with Crippen LogP contribution in [0.3, 0.4) is 0 Å². The zero-order valence-electron chi connectivity index (χ0n) is 13.1. The van der Waals surface area contributed by atoms with Crippen LogP contribution in [0.15, 0.2) is 6.20 Å².